The second-order valence-corrected chi connectivity index (χ2v) is 8.81. The van der Waals surface area contributed by atoms with E-state index < -0.39 is 27.4 Å². The highest BCUT2D eigenvalue weighted by molar-refractivity contribution is 7.89. The molecule has 8 nitrogen and oxygen atoms in total. The summed E-state index contributed by atoms with van der Waals surface area (Å²) in [5, 5.41) is 11.7. The van der Waals surface area contributed by atoms with Crippen molar-refractivity contribution in [3.05, 3.63) is 29.8 Å². The number of hydrogen-bond donors (Lipinski definition) is 2. The smallest absolute Gasteiger partial charge is 0.331 e. The lowest BCUT2D eigenvalue weighted by molar-refractivity contribution is -0.145. The summed E-state index contributed by atoms with van der Waals surface area (Å²) in [7, 11) is -2.36. The highest BCUT2D eigenvalue weighted by atomic mass is 32.2. The molecular formula is C18H26N2O6S. The van der Waals surface area contributed by atoms with Crippen molar-refractivity contribution in [2.24, 2.45) is 0 Å². The average molecular weight is 398 g/mol. The van der Waals surface area contributed by atoms with Crippen molar-refractivity contribution in [3.8, 4) is 0 Å². The first-order valence-electron chi connectivity index (χ1n) is 8.86. The van der Waals surface area contributed by atoms with Gasteiger partial charge in [0, 0.05) is 25.8 Å². The predicted octanol–water partition coefficient (Wildman–Crippen LogP) is 1.47. The maximum atomic E-state index is 12.9. The highest BCUT2D eigenvalue weighted by Gasteiger charge is 2.35. The van der Waals surface area contributed by atoms with Crippen molar-refractivity contribution < 1.29 is 27.9 Å². The van der Waals surface area contributed by atoms with Crippen LogP contribution in [0.4, 0.5) is 0 Å². The van der Waals surface area contributed by atoms with Crippen LogP contribution in [0.1, 0.15) is 43.0 Å². The number of nitrogens with zero attached hydrogens (tertiary/aromatic N) is 1. The van der Waals surface area contributed by atoms with Gasteiger partial charge in [-0.25, -0.2) is 13.2 Å². The summed E-state index contributed by atoms with van der Waals surface area (Å²) in [6.07, 6.45) is 3.63. The lowest BCUT2D eigenvalue weighted by Gasteiger charge is -2.25. The number of sulfonamides is 1. The topological polar surface area (TPSA) is 113 Å². The Bertz CT molecular complexity index is 787. The molecule has 1 aliphatic rings. The Hall–Kier alpha value is -1.97. The van der Waals surface area contributed by atoms with E-state index in [4.69, 9.17) is 4.74 Å². The number of amides is 1. The molecule has 1 fully saturated rings. The minimum absolute atomic E-state index is 0.0285. The third-order valence-corrected chi connectivity index (χ3v) is 6.49. The number of ether oxygens (including phenoxy) is 1. The van der Waals surface area contributed by atoms with Crippen molar-refractivity contribution in [1.82, 2.24) is 9.62 Å². The molecule has 2 rings (SSSR count). The summed E-state index contributed by atoms with van der Waals surface area (Å²) in [5.74, 6) is -1.92. The molecule has 150 valence electrons. The Labute approximate surface area is 159 Å². The van der Waals surface area contributed by atoms with Crippen LogP contribution in [0.25, 0.3) is 0 Å². The van der Waals surface area contributed by atoms with Crippen molar-refractivity contribution in [2.45, 2.75) is 43.0 Å². The molecule has 27 heavy (non-hydrogen) atoms. The number of carbonyl (C=O) groups excluding carboxylic acids is 1. The van der Waals surface area contributed by atoms with Gasteiger partial charge in [0.1, 0.15) is 0 Å². The maximum Gasteiger partial charge on any atom is 0.331 e. The number of aliphatic carboxylic acids is 1. The van der Waals surface area contributed by atoms with Gasteiger partial charge in [0.2, 0.25) is 10.0 Å². The first-order valence-corrected chi connectivity index (χ1v) is 10.3. The number of carboxylic acid groups (broad SMARTS) is 1. The number of rotatable bonds is 7. The van der Waals surface area contributed by atoms with Crippen LogP contribution in [0.5, 0.6) is 0 Å². The van der Waals surface area contributed by atoms with Crippen LogP contribution in [0.3, 0.4) is 0 Å². The highest BCUT2D eigenvalue weighted by Crippen LogP contribution is 2.21. The lowest BCUT2D eigenvalue weighted by atomic mass is 10.0. The Morgan fingerprint density at radius 1 is 1.22 bits per heavy atom. The number of hydrogen-bond acceptors (Lipinski definition) is 5. The van der Waals surface area contributed by atoms with Gasteiger partial charge in [-0.1, -0.05) is 18.9 Å². The Morgan fingerprint density at radius 3 is 2.41 bits per heavy atom. The molecule has 2 N–H and O–H groups in total. The molecule has 1 saturated heterocycles. The molecule has 0 aliphatic carbocycles. The first-order chi connectivity index (χ1) is 12.7. The van der Waals surface area contributed by atoms with E-state index in [1.165, 1.54) is 42.6 Å². The van der Waals surface area contributed by atoms with Gasteiger partial charge < -0.3 is 15.2 Å². The zero-order valence-corrected chi connectivity index (χ0v) is 16.4. The Balaban J connectivity index is 2.26. The van der Waals surface area contributed by atoms with E-state index in [1.807, 2.05) is 0 Å². The van der Waals surface area contributed by atoms with Crippen molar-refractivity contribution in [2.75, 3.05) is 26.8 Å². The van der Waals surface area contributed by atoms with Gasteiger partial charge in [0.05, 0.1) is 11.5 Å². The molecule has 1 unspecified atom stereocenters. The summed E-state index contributed by atoms with van der Waals surface area (Å²) in [5.41, 5.74) is -1.54. The standard InChI is InChI=1S/C18H26N2O6S/c1-18(13-26-2,17(22)23)19-16(21)14-8-7-9-15(12-14)27(24,25)20-10-5-3-4-6-11-20/h7-9,12H,3-6,10-11,13H2,1-2H3,(H,19,21)(H,22,23). The van der Waals surface area contributed by atoms with Crippen LogP contribution in [-0.2, 0) is 19.6 Å². The van der Waals surface area contributed by atoms with E-state index in [-0.39, 0.29) is 17.1 Å². The van der Waals surface area contributed by atoms with Gasteiger partial charge in [-0.2, -0.15) is 4.31 Å². The second kappa shape index (κ2) is 8.81. The third-order valence-electron chi connectivity index (χ3n) is 4.59. The second-order valence-electron chi connectivity index (χ2n) is 6.87. The molecule has 9 heteroatoms. The summed E-state index contributed by atoms with van der Waals surface area (Å²) in [6.45, 7) is 2.03. The van der Waals surface area contributed by atoms with Crippen molar-refractivity contribution >= 4 is 21.9 Å². The van der Waals surface area contributed by atoms with E-state index in [1.54, 1.807) is 0 Å². The number of nitrogens with one attached hydrogen (secondary N) is 1. The monoisotopic (exact) mass is 398 g/mol. The first kappa shape index (κ1) is 21.3. The van der Waals surface area contributed by atoms with Crippen molar-refractivity contribution in [3.63, 3.8) is 0 Å². The number of carbonyl (C=O) groups is 2. The third kappa shape index (κ3) is 5.06. The minimum atomic E-state index is -3.70. The van der Waals surface area contributed by atoms with E-state index in [0.29, 0.717) is 13.1 Å². The quantitative estimate of drug-likeness (QED) is 0.719. The lowest BCUT2D eigenvalue weighted by Crippen LogP contribution is -2.55. The van der Waals surface area contributed by atoms with Crippen LogP contribution >= 0.6 is 0 Å². The number of methoxy groups -OCH3 is 1. The molecule has 0 saturated carbocycles. The molecule has 1 atom stereocenters. The zero-order valence-electron chi connectivity index (χ0n) is 15.6. The summed E-state index contributed by atoms with van der Waals surface area (Å²) >= 11 is 0. The van der Waals surface area contributed by atoms with Gasteiger partial charge in [0.25, 0.3) is 5.91 Å². The molecule has 1 amide bonds. The van der Waals surface area contributed by atoms with Crippen LogP contribution in [0.2, 0.25) is 0 Å². The predicted molar refractivity (Wildman–Crippen MR) is 99.1 cm³/mol. The molecule has 1 aromatic rings. The number of benzene rings is 1. The SMILES string of the molecule is COCC(C)(NC(=O)c1cccc(S(=O)(=O)N2CCCCCC2)c1)C(=O)O. The van der Waals surface area contributed by atoms with Gasteiger partial charge in [-0.3, -0.25) is 4.79 Å². The molecule has 1 aromatic carbocycles. The fourth-order valence-corrected chi connectivity index (χ4v) is 4.56. The zero-order chi connectivity index (χ0) is 20.1. The van der Waals surface area contributed by atoms with Gasteiger partial charge >= 0.3 is 5.97 Å². The molecule has 1 heterocycles. The fraction of sp³-hybridized carbons (Fsp3) is 0.556. The van der Waals surface area contributed by atoms with Gasteiger partial charge in [-0.15, -0.1) is 0 Å². The molecular weight excluding hydrogens is 372 g/mol. The van der Waals surface area contributed by atoms with E-state index >= 15 is 0 Å². The van der Waals surface area contributed by atoms with E-state index in [0.717, 1.165) is 25.7 Å². The van der Waals surface area contributed by atoms with Gasteiger partial charge in [0.15, 0.2) is 5.54 Å². The molecule has 1 aliphatic heterocycles. The maximum absolute atomic E-state index is 12.9. The Kier molecular flexibility index (Phi) is 6.96. The van der Waals surface area contributed by atoms with Crippen LogP contribution in [-0.4, -0.2) is 62.1 Å². The van der Waals surface area contributed by atoms with E-state index in [2.05, 4.69) is 5.32 Å². The van der Waals surface area contributed by atoms with Crippen molar-refractivity contribution in [1.29, 1.82) is 0 Å². The number of carboxylic acids is 1. The molecule has 0 spiro atoms. The minimum Gasteiger partial charge on any atom is -0.479 e. The summed E-state index contributed by atoms with van der Waals surface area (Å²) < 4.78 is 32.1. The molecule has 0 aromatic heterocycles. The summed E-state index contributed by atoms with van der Waals surface area (Å²) in [6, 6.07) is 5.66. The normalized spacial score (nSPS) is 18.3. The van der Waals surface area contributed by atoms with Crippen LogP contribution in [0.15, 0.2) is 29.2 Å². The molecule has 0 bridgehead atoms. The van der Waals surface area contributed by atoms with Crippen LogP contribution < -0.4 is 5.32 Å². The van der Waals surface area contributed by atoms with E-state index in [9.17, 15) is 23.1 Å². The summed E-state index contributed by atoms with van der Waals surface area (Å²) in [4.78, 5) is 24.0. The van der Waals surface area contributed by atoms with Crippen LogP contribution in [0, 0.1) is 0 Å². The Morgan fingerprint density at radius 2 is 1.85 bits per heavy atom. The molecule has 0 radical (unpaired) electrons. The largest absolute Gasteiger partial charge is 0.479 e. The fourth-order valence-electron chi connectivity index (χ4n) is 2.99. The van der Waals surface area contributed by atoms with Gasteiger partial charge in [-0.05, 0) is 38.0 Å². The average Bonchev–Trinajstić information content (AvgIpc) is 2.92.